The lowest BCUT2D eigenvalue weighted by molar-refractivity contribution is 0.112. The average molecular weight is 232 g/mol. The maximum absolute atomic E-state index is 11.0. The van der Waals surface area contributed by atoms with Crippen LogP contribution in [0.1, 0.15) is 54.9 Å². The zero-order valence-electron chi connectivity index (χ0n) is 10.4. The first-order valence-corrected chi connectivity index (χ1v) is 6.59. The molecule has 1 aromatic rings. The number of ether oxygens (including phenoxy) is 1. The van der Waals surface area contributed by atoms with Crippen molar-refractivity contribution >= 4 is 6.29 Å². The molecule has 1 fully saturated rings. The summed E-state index contributed by atoms with van der Waals surface area (Å²) in [6, 6.07) is 5.75. The fourth-order valence-corrected chi connectivity index (χ4v) is 2.54. The molecule has 0 N–H and O–H groups in total. The Balaban J connectivity index is 2.16. The quantitative estimate of drug-likeness (QED) is 0.738. The molecule has 92 valence electrons. The van der Waals surface area contributed by atoms with Crippen LogP contribution < -0.4 is 4.74 Å². The second-order valence-corrected chi connectivity index (χ2v) is 4.67. The van der Waals surface area contributed by atoms with Gasteiger partial charge in [0.2, 0.25) is 0 Å². The zero-order valence-corrected chi connectivity index (χ0v) is 10.4. The van der Waals surface area contributed by atoms with Gasteiger partial charge >= 0.3 is 0 Å². The van der Waals surface area contributed by atoms with Gasteiger partial charge in [-0.15, -0.1) is 0 Å². The van der Waals surface area contributed by atoms with Crippen molar-refractivity contribution in [3.63, 3.8) is 0 Å². The number of rotatable bonds is 4. The SMILES string of the molecule is CCc1c(C=O)cccc1OC1CCCCC1. The minimum absolute atomic E-state index is 0.343. The molecule has 1 aliphatic rings. The van der Waals surface area contributed by atoms with Gasteiger partial charge in [-0.05, 0) is 38.2 Å². The largest absolute Gasteiger partial charge is 0.490 e. The minimum Gasteiger partial charge on any atom is -0.490 e. The topological polar surface area (TPSA) is 26.3 Å². The van der Waals surface area contributed by atoms with E-state index in [0.29, 0.717) is 6.10 Å². The summed E-state index contributed by atoms with van der Waals surface area (Å²) in [5, 5.41) is 0. The highest BCUT2D eigenvalue weighted by molar-refractivity contribution is 5.78. The van der Waals surface area contributed by atoms with Crippen molar-refractivity contribution in [2.45, 2.75) is 51.6 Å². The summed E-state index contributed by atoms with van der Waals surface area (Å²) in [5.74, 6) is 0.906. The van der Waals surface area contributed by atoms with Crippen molar-refractivity contribution < 1.29 is 9.53 Å². The molecule has 0 unspecified atom stereocenters. The van der Waals surface area contributed by atoms with Gasteiger partial charge in [0.1, 0.15) is 12.0 Å². The standard InChI is InChI=1S/C15H20O2/c1-2-14-12(11-16)7-6-10-15(14)17-13-8-4-3-5-9-13/h6-7,10-11,13H,2-5,8-9H2,1H3. The molecule has 0 bridgehead atoms. The summed E-state index contributed by atoms with van der Waals surface area (Å²) < 4.78 is 6.06. The van der Waals surface area contributed by atoms with Gasteiger partial charge in [0.25, 0.3) is 0 Å². The van der Waals surface area contributed by atoms with E-state index in [1.54, 1.807) is 0 Å². The summed E-state index contributed by atoms with van der Waals surface area (Å²) in [7, 11) is 0. The molecule has 2 rings (SSSR count). The zero-order chi connectivity index (χ0) is 12.1. The molecule has 0 heterocycles. The molecule has 17 heavy (non-hydrogen) atoms. The first-order chi connectivity index (χ1) is 8.35. The van der Waals surface area contributed by atoms with E-state index < -0.39 is 0 Å². The molecule has 0 saturated heterocycles. The number of carbonyl (C=O) groups is 1. The van der Waals surface area contributed by atoms with Gasteiger partial charge < -0.3 is 4.74 Å². The highest BCUT2D eigenvalue weighted by atomic mass is 16.5. The highest BCUT2D eigenvalue weighted by Gasteiger charge is 2.16. The van der Waals surface area contributed by atoms with Gasteiger partial charge in [0.15, 0.2) is 0 Å². The molecule has 0 aliphatic heterocycles. The maximum Gasteiger partial charge on any atom is 0.150 e. The van der Waals surface area contributed by atoms with Crippen LogP contribution in [0.15, 0.2) is 18.2 Å². The summed E-state index contributed by atoms with van der Waals surface area (Å²) in [5.41, 5.74) is 1.81. The van der Waals surface area contributed by atoms with Crippen LogP contribution in [0.25, 0.3) is 0 Å². The summed E-state index contributed by atoms with van der Waals surface area (Å²) >= 11 is 0. The monoisotopic (exact) mass is 232 g/mol. The lowest BCUT2D eigenvalue weighted by atomic mass is 9.97. The molecule has 0 spiro atoms. The lowest BCUT2D eigenvalue weighted by Gasteiger charge is -2.24. The second kappa shape index (κ2) is 5.85. The fourth-order valence-electron chi connectivity index (χ4n) is 2.54. The van der Waals surface area contributed by atoms with Gasteiger partial charge in [0.05, 0.1) is 6.10 Å². The van der Waals surface area contributed by atoms with Crippen molar-refractivity contribution in [2.24, 2.45) is 0 Å². The fraction of sp³-hybridized carbons (Fsp3) is 0.533. The van der Waals surface area contributed by atoms with E-state index in [-0.39, 0.29) is 0 Å². The van der Waals surface area contributed by atoms with Crippen molar-refractivity contribution in [1.82, 2.24) is 0 Å². The minimum atomic E-state index is 0.343. The number of aldehydes is 1. The Kier molecular flexibility index (Phi) is 4.18. The first kappa shape index (κ1) is 12.2. The predicted molar refractivity (Wildman–Crippen MR) is 68.7 cm³/mol. The normalized spacial score (nSPS) is 16.8. The van der Waals surface area contributed by atoms with Crippen LogP contribution in [-0.4, -0.2) is 12.4 Å². The molecular weight excluding hydrogens is 212 g/mol. The average Bonchev–Trinajstić information content (AvgIpc) is 2.39. The van der Waals surface area contributed by atoms with E-state index in [2.05, 4.69) is 6.92 Å². The molecule has 1 saturated carbocycles. The Morgan fingerprint density at radius 1 is 1.29 bits per heavy atom. The second-order valence-electron chi connectivity index (χ2n) is 4.67. The van der Waals surface area contributed by atoms with Crippen molar-refractivity contribution in [3.05, 3.63) is 29.3 Å². The summed E-state index contributed by atoms with van der Waals surface area (Å²) in [6.07, 6.45) is 8.26. The van der Waals surface area contributed by atoms with Gasteiger partial charge in [-0.1, -0.05) is 25.5 Å². The Hall–Kier alpha value is -1.31. The van der Waals surface area contributed by atoms with Crippen LogP contribution in [0.4, 0.5) is 0 Å². The smallest absolute Gasteiger partial charge is 0.150 e. The molecule has 0 aromatic heterocycles. The molecule has 0 radical (unpaired) electrons. The van der Waals surface area contributed by atoms with Gasteiger partial charge in [-0.2, -0.15) is 0 Å². The van der Waals surface area contributed by atoms with Crippen LogP contribution in [0.3, 0.4) is 0 Å². The lowest BCUT2D eigenvalue weighted by Crippen LogP contribution is -2.20. The van der Waals surface area contributed by atoms with E-state index in [1.165, 1.54) is 19.3 Å². The number of benzene rings is 1. The van der Waals surface area contributed by atoms with E-state index in [9.17, 15) is 4.79 Å². The Morgan fingerprint density at radius 2 is 2.06 bits per heavy atom. The third kappa shape index (κ3) is 2.87. The van der Waals surface area contributed by atoms with Gasteiger partial charge in [-0.25, -0.2) is 0 Å². The molecular formula is C15H20O2. The van der Waals surface area contributed by atoms with Crippen molar-refractivity contribution in [2.75, 3.05) is 0 Å². The van der Waals surface area contributed by atoms with Gasteiger partial charge in [0, 0.05) is 11.1 Å². The molecule has 2 heteroatoms. The van der Waals surface area contributed by atoms with Crippen LogP contribution in [-0.2, 0) is 6.42 Å². The summed E-state index contributed by atoms with van der Waals surface area (Å²) in [6.45, 7) is 2.07. The summed E-state index contributed by atoms with van der Waals surface area (Å²) in [4.78, 5) is 11.0. The van der Waals surface area contributed by atoms with E-state index in [0.717, 1.165) is 42.4 Å². The molecule has 1 aliphatic carbocycles. The first-order valence-electron chi connectivity index (χ1n) is 6.59. The van der Waals surface area contributed by atoms with E-state index in [1.807, 2.05) is 18.2 Å². The van der Waals surface area contributed by atoms with Crippen molar-refractivity contribution in [1.29, 1.82) is 0 Å². The highest BCUT2D eigenvalue weighted by Crippen LogP contribution is 2.27. The van der Waals surface area contributed by atoms with Crippen LogP contribution in [0.5, 0.6) is 5.75 Å². The number of carbonyl (C=O) groups excluding carboxylic acids is 1. The van der Waals surface area contributed by atoms with E-state index >= 15 is 0 Å². The molecule has 2 nitrogen and oxygen atoms in total. The molecule has 1 aromatic carbocycles. The van der Waals surface area contributed by atoms with E-state index in [4.69, 9.17) is 4.74 Å². The van der Waals surface area contributed by atoms with Crippen LogP contribution >= 0.6 is 0 Å². The van der Waals surface area contributed by atoms with Gasteiger partial charge in [-0.3, -0.25) is 4.79 Å². The number of hydrogen-bond donors (Lipinski definition) is 0. The number of hydrogen-bond acceptors (Lipinski definition) is 2. The Morgan fingerprint density at radius 3 is 2.71 bits per heavy atom. The molecule has 0 atom stereocenters. The van der Waals surface area contributed by atoms with Crippen LogP contribution in [0.2, 0.25) is 0 Å². The Bertz CT molecular complexity index is 379. The molecule has 0 amide bonds. The Labute approximate surface area is 103 Å². The third-order valence-corrected chi connectivity index (χ3v) is 3.50. The van der Waals surface area contributed by atoms with Crippen molar-refractivity contribution in [3.8, 4) is 5.75 Å². The van der Waals surface area contributed by atoms with Crippen LogP contribution in [0, 0.1) is 0 Å². The maximum atomic E-state index is 11.0. The third-order valence-electron chi connectivity index (χ3n) is 3.50. The predicted octanol–water partition coefficient (Wildman–Crippen LogP) is 3.77.